The number of hydrogen-bond acceptors (Lipinski definition) is 3. The fourth-order valence-corrected chi connectivity index (χ4v) is 3.33. The highest BCUT2D eigenvalue weighted by molar-refractivity contribution is 5.87. The molecule has 1 aromatic carbocycles. The smallest absolute Gasteiger partial charge is 0.335 e. The van der Waals surface area contributed by atoms with Gasteiger partial charge in [0.15, 0.2) is 0 Å². The minimum Gasteiger partial charge on any atom is -0.478 e. The number of carboxylic acids is 1. The number of carbonyl (C=O) groups is 1. The molecule has 122 valence electrons. The van der Waals surface area contributed by atoms with Crippen LogP contribution in [0.25, 0.3) is 5.52 Å². The minimum atomic E-state index is -0.953. The summed E-state index contributed by atoms with van der Waals surface area (Å²) in [5, 5.41) is 13.5. The van der Waals surface area contributed by atoms with Crippen molar-refractivity contribution < 1.29 is 9.90 Å². The van der Waals surface area contributed by atoms with Gasteiger partial charge in [-0.1, -0.05) is 12.1 Å². The summed E-state index contributed by atoms with van der Waals surface area (Å²) in [7, 11) is 0. The molecule has 1 aliphatic rings. The van der Waals surface area contributed by atoms with Gasteiger partial charge in [-0.2, -0.15) is 5.10 Å². The quantitative estimate of drug-likeness (QED) is 0.801. The molecule has 6 nitrogen and oxygen atoms in total. The van der Waals surface area contributed by atoms with Gasteiger partial charge in [-0.05, 0) is 43.4 Å². The van der Waals surface area contributed by atoms with E-state index in [1.807, 2.05) is 6.20 Å². The summed E-state index contributed by atoms with van der Waals surface area (Å²) < 4.78 is 3.35. The minimum absolute atomic E-state index is 0.0459. The van der Waals surface area contributed by atoms with Gasteiger partial charge in [-0.25, -0.2) is 9.31 Å². The Morgan fingerprint density at radius 2 is 1.88 bits per heavy atom. The molecule has 0 radical (unpaired) electrons. The summed E-state index contributed by atoms with van der Waals surface area (Å²) in [6.07, 6.45) is 7.62. The first-order valence-electron chi connectivity index (χ1n) is 8.05. The first kappa shape index (κ1) is 14.7. The van der Waals surface area contributed by atoms with Crippen molar-refractivity contribution in [2.24, 2.45) is 0 Å². The summed E-state index contributed by atoms with van der Waals surface area (Å²) in [6, 6.07) is 6.60. The summed E-state index contributed by atoms with van der Waals surface area (Å²) in [6.45, 7) is 0.412. The molecule has 0 amide bonds. The fraction of sp³-hybridized carbons (Fsp3) is 0.278. The SMILES string of the molecule is O=C(O)c1ccc(Cn2ccn3nc4c(c3c2=O)CCCC4)cc1. The maximum absolute atomic E-state index is 12.8. The third kappa shape index (κ3) is 2.40. The Bertz CT molecular complexity index is 983. The van der Waals surface area contributed by atoms with Crippen LogP contribution in [-0.4, -0.2) is 25.3 Å². The molecule has 0 atom stereocenters. The molecule has 0 saturated carbocycles. The van der Waals surface area contributed by atoms with Gasteiger partial charge in [0.2, 0.25) is 0 Å². The number of benzene rings is 1. The molecule has 6 heteroatoms. The van der Waals surface area contributed by atoms with E-state index in [-0.39, 0.29) is 11.1 Å². The Morgan fingerprint density at radius 3 is 2.62 bits per heavy atom. The largest absolute Gasteiger partial charge is 0.478 e. The van der Waals surface area contributed by atoms with E-state index in [0.717, 1.165) is 42.5 Å². The second kappa shape index (κ2) is 5.63. The highest BCUT2D eigenvalue weighted by Gasteiger charge is 2.19. The van der Waals surface area contributed by atoms with Crippen LogP contribution in [0.4, 0.5) is 0 Å². The summed E-state index contributed by atoms with van der Waals surface area (Å²) >= 11 is 0. The molecule has 0 aliphatic heterocycles. The van der Waals surface area contributed by atoms with Crippen molar-refractivity contribution in [1.29, 1.82) is 0 Å². The van der Waals surface area contributed by atoms with Crippen LogP contribution in [-0.2, 0) is 19.4 Å². The van der Waals surface area contributed by atoms with Gasteiger partial charge >= 0.3 is 5.97 Å². The summed E-state index contributed by atoms with van der Waals surface area (Å²) in [4.78, 5) is 23.8. The van der Waals surface area contributed by atoms with Gasteiger partial charge in [0, 0.05) is 18.0 Å². The lowest BCUT2D eigenvalue weighted by atomic mass is 9.97. The highest BCUT2D eigenvalue weighted by atomic mass is 16.4. The second-order valence-corrected chi connectivity index (χ2v) is 6.16. The van der Waals surface area contributed by atoms with E-state index in [2.05, 4.69) is 5.10 Å². The molecule has 0 fully saturated rings. The number of aromatic carboxylic acids is 1. The Hall–Kier alpha value is -2.89. The molecule has 3 aromatic rings. The van der Waals surface area contributed by atoms with Crippen LogP contribution < -0.4 is 5.56 Å². The molecule has 0 bridgehead atoms. The van der Waals surface area contributed by atoms with Crippen molar-refractivity contribution in [2.75, 3.05) is 0 Å². The Kier molecular flexibility index (Phi) is 3.45. The molecule has 1 N–H and O–H groups in total. The normalized spacial score (nSPS) is 13.8. The number of carboxylic acid groups (broad SMARTS) is 1. The molecule has 2 heterocycles. The first-order valence-corrected chi connectivity index (χ1v) is 8.05. The maximum Gasteiger partial charge on any atom is 0.335 e. The van der Waals surface area contributed by atoms with Gasteiger partial charge in [-0.15, -0.1) is 0 Å². The molecular weight excluding hydrogens is 306 g/mol. The lowest BCUT2D eigenvalue weighted by molar-refractivity contribution is 0.0697. The molecule has 24 heavy (non-hydrogen) atoms. The van der Waals surface area contributed by atoms with Crippen LogP contribution in [0.5, 0.6) is 0 Å². The van der Waals surface area contributed by atoms with Crippen LogP contribution in [0.1, 0.15) is 40.0 Å². The zero-order valence-corrected chi connectivity index (χ0v) is 13.1. The molecule has 4 rings (SSSR count). The fourth-order valence-electron chi connectivity index (χ4n) is 3.33. The number of aromatic nitrogens is 3. The highest BCUT2D eigenvalue weighted by Crippen LogP contribution is 2.22. The average Bonchev–Trinajstić information content (AvgIpc) is 2.97. The third-order valence-electron chi connectivity index (χ3n) is 4.59. The van der Waals surface area contributed by atoms with Gasteiger partial charge in [0.1, 0.15) is 5.52 Å². The topological polar surface area (TPSA) is 76.6 Å². The van der Waals surface area contributed by atoms with E-state index in [4.69, 9.17) is 5.11 Å². The Labute approximate surface area is 138 Å². The van der Waals surface area contributed by atoms with Crippen molar-refractivity contribution in [1.82, 2.24) is 14.2 Å². The van der Waals surface area contributed by atoms with Gasteiger partial charge in [0.25, 0.3) is 5.56 Å². The van der Waals surface area contributed by atoms with E-state index >= 15 is 0 Å². The Morgan fingerprint density at radius 1 is 1.12 bits per heavy atom. The van der Waals surface area contributed by atoms with Crippen LogP contribution in [0.3, 0.4) is 0 Å². The van der Waals surface area contributed by atoms with Gasteiger partial charge in [0.05, 0.1) is 17.8 Å². The standard InChI is InChI=1S/C18H17N3O3/c22-17-16-14-3-1-2-4-15(14)19-21(16)10-9-20(17)11-12-5-7-13(8-6-12)18(23)24/h5-10H,1-4,11H2,(H,23,24). The van der Waals surface area contributed by atoms with E-state index in [0.29, 0.717) is 12.1 Å². The van der Waals surface area contributed by atoms with E-state index in [1.165, 1.54) is 0 Å². The second-order valence-electron chi connectivity index (χ2n) is 6.16. The summed E-state index contributed by atoms with van der Waals surface area (Å²) in [5.74, 6) is -0.953. The lowest BCUT2D eigenvalue weighted by Crippen LogP contribution is -2.22. The maximum atomic E-state index is 12.8. The van der Waals surface area contributed by atoms with Crippen molar-refractivity contribution in [3.05, 3.63) is 69.4 Å². The average molecular weight is 323 g/mol. The van der Waals surface area contributed by atoms with Crippen molar-refractivity contribution in [3.63, 3.8) is 0 Å². The number of hydrogen-bond donors (Lipinski definition) is 1. The van der Waals surface area contributed by atoms with Crippen LogP contribution in [0, 0.1) is 0 Å². The molecule has 0 saturated heterocycles. The number of fused-ring (bicyclic) bond motifs is 3. The van der Waals surface area contributed by atoms with Crippen molar-refractivity contribution in [2.45, 2.75) is 32.2 Å². The van der Waals surface area contributed by atoms with Gasteiger partial charge in [-0.3, -0.25) is 4.79 Å². The Balaban J connectivity index is 1.73. The molecule has 0 unspecified atom stereocenters. The van der Waals surface area contributed by atoms with E-state index in [9.17, 15) is 9.59 Å². The lowest BCUT2D eigenvalue weighted by Gasteiger charge is -2.09. The van der Waals surface area contributed by atoms with Crippen molar-refractivity contribution in [3.8, 4) is 0 Å². The number of rotatable bonds is 3. The third-order valence-corrected chi connectivity index (χ3v) is 4.59. The zero-order chi connectivity index (χ0) is 16.7. The first-order chi connectivity index (χ1) is 11.6. The van der Waals surface area contributed by atoms with E-state index in [1.54, 1.807) is 39.5 Å². The molecular formula is C18H17N3O3. The predicted octanol–water partition coefficient (Wildman–Crippen LogP) is 2.12. The molecule has 1 aliphatic carbocycles. The van der Waals surface area contributed by atoms with E-state index < -0.39 is 5.97 Å². The predicted molar refractivity (Wildman–Crippen MR) is 88.6 cm³/mol. The number of aryl methyl sites for hydroxylation is 2. The van der Waals surface area contributed by atoms with Crippen molar-refractivity contribution >= 4 is 11.5 Å². The summed E-state index contributed by atoms with van der Waals surface area (Å²) in [5.41, 5.74) is 3.89. The molecule has 0 spiro atoms. The number of nitrogens with zero attached hydrogens (tertiary/aromatic N) is 3. The monoisotopic (exact) mass is 323 g/mol. The van der Waals surface area contributed by atoms with Crippen LogP contribution in [0.2, 0.25) is 0 Å². The zero-order valence-electron chi connectivity index (χ0n) is 13.1. The van der Waals surface area contributed by atoms with Gasteiger partial charge < -0.3 is 9.67 Å². The van der Waals surface area contributed by atoms with Crippen LogP contribution in [0.15, 0.2) is 41.5 Å². The molecule has 2 aromatic heterocycles. The van der Waals surface area contributed by atoms with Crippen LogP contribution >= 0.6 is 0 Å².